The molecule has 0 saturated heterocycles. The molecule has 1 atom stereocenters. The summed E-state index contributed by atoms with van der Waals surface area (Å²) in [6, 6.07) is 1.76. The molecule has 6 nitrogen and oxygen atoms in total. The van der Waals surface area contributed by atoms with Gasteiger partial charge in [0.15, 0.2) is 5.82 Å². The van der Waals surface area contributed by atoms with Crippen molar-refractivity contribution < 1.29 is 31.1 Å². The third kappa shape index (κ3) is 4.47. The van der Waals surface area contributed by atoms with Gasteiger partial charge in [0.25, 0.3) is 0 Å². The molecule has 0 aliphatic rings. The van der Waals surface area contributed by atoms with Crippen molar-refractivity contribution in [1.82, 2.24) is 19.9 Å². The van der Waals surface area contributed by atoms with Gasteiger partial charge in [0.2, 0.25) is 5.91 Å². The Bertz CT molecular complexity index is 1120. The predicted molar refractivity (Wildman–Crippen MR) is 95.5 cm³/mol. The Morgan fingerprint density at radius 3 is 2.06 bits per heavy atom. The van der Waals surface area contributed by atoms with E-state index >= 15 is 0 Å². The van der Waals surface area contributed by atoms with Gasteiger partial charge < -0.3 is 5.73 Å². The molecule has 0 radical (unpaired) electrons. The first-order valence-electron chi connectivity index (χ1n) is 8.61. The van der Waals surface area contributed by atoms with Crippen LogP contribution in [-0.2, 0) is 12.4 Å². The summed E-state index contributed by atoms with van der Waals surface area (Å²) in [5.74, 6) is -2.73. The zero-order valence-electron chi connectivity index (χ0n) is 15.7. The largest absolute Gasteiger partial charge is 0.416 e. The summed E-state index contributed by atoms with van der Waals surface area (Å²) in [5.41, 5.74) is 0.166. The number of aromatic nitrogens is 4. The number of nitrogens with two attached hydrogens (primary N) is 1. The van der Waals surface area contributed by atoms with Gasteiger partial charge in [0, 0.05) is 36.3 Å². The number of hydrogen-bond donors (Lipinski definition) is 1. The predicted octanol–water partition coefficient (Wildman–Crippen LogP) is 4.22. The molecule has 0 saturated carbocycles. The number of halogens is 6. The Kier molecular flexibility index (Phi) is 5.66. The van der Waals surface area contributed by atoms with Crippen LogP contribution in [-0.4, -0.2) is 25.8 Å². The fourth-order valence-corrected chi connectivity index (χ4v) is 3.12. The van der Waals surface area contributed by atoms with E-state index < -0.39 is 46.4 Å². The third-order valence-corrected chi connectivity index (χ3v) is 4.43. The average Bonchev–Trinajstić information content (AvgIpc) is 2.71. The van der Waals surface area contributed by atoms with Crippen molar-refractivity contribution in [3.8, 4) is 11.5 Å². The van der Waals surface area contributed by atoms with Crippen LogP contribution in [0.15, 0.2) is 43.0 Å². The molecule has 0 fully saturated rings. The van der Waals surface area contributed by atoms with Crippen LogP contribution in [0.1, 0.15) is 45.6 Å². The van der Waals surface area contributed by atoms with Gasteiger partial charge in [-0.2, -0.15) is 26.3 Å². The van der Waals surface area contributed by atoms with Crippen LogP contribution in [0.4, 0.5) is 26.3 Å². The van der Waals surface area contributed by atoms with Gasteiger partial charge >= 0.3 is 12.4 Å². The third-order valence-electron chi connectivity index (χ3n) is 4.43. The van der Waals surface area contributed by atoms with Crippen LogP contribution in [0.3, 0.4) is 0 Å². The second-order valence-electron chi connectivity index (χ2n) is 6.43. The van der Waals surface area contributed by atoms with Crippen molar-refractivity contribution in [1.29, 1.82) is 0 Å². The summed E-state index contributed by atoms with van der Waals surface area (Å²) in [6.07, 6.45) is -5.13. The van der Waals surface area contributed by atoms with E-state index in [0.29, 0.717) is 6.07 Å². The summed E-state index contributed by atoms with van der Waals surface area (Å²) in [4.78, 5) is 28.0. The fraction of sp³-hybridized carbons (Fsp3) is 0.211. The Balaban J connectivity index is 2.32. The lowest BCUT2D eigenvalue weighted by Gasteiger charge is -2.23. The van der Waals surface area contributed by atoms with Crippen molar-refractivity contribution in [3.63, 3.8) is 0 Å². The Morgan fingerprint density at radius 2 is 1.52 bits per heavy atom. The van der Waals surface area contributed by atoms with Crippen LogP contribution in [0.25, 0.3) is 11.5 Å². The van der Waals surface area contributed by atoms with E-state index in [0.717, 1.165) is 0 Å². The Hall–Kier alpha value is -3.57. The molecule has 1 unspecified atom stereocenters. The fourth-order valence-electron chi connectivity index (χ4n) is 3.12. The number of benzene rings is 1. The van der Waals surface area contributed by atoms with E-state index in [1.807, 2.05) is 0 Å². The molecular weight excluding hydrogens is 428 g/mol. The standard InChI is InChI=1S/C19H13F6N5O/c1-9(14-15(28-6-5-27-14)17-29-3-2-4-30-17)13-11(16(26)31)7-10(18(20,21)22)8-12(13)19(23,24)25/h2-9H,1H3,(H2,26,31). The van der Waals surface area contributed by atoms with Gasteiger partial charge in [0.05, 0.1) is 16.8 Å². The second-order valence-corrected chi connectivity index (χ2v) is 6.43. The number of carbonyl (C=O) groups excluding carboxylic acids is 1. The number of alkyl halides is 6. The van der Waals surface area contributed by atoms with Gasteiger partial charge in [0.1, 0.15) is 5.69 Å². The summed E-state index contributed by atoms with van der Waals surface area (Å²) < 4.78 is 80.9. The second kappa shape index (κ2) is 7.93. The highest BCUT2D eigenvalue weighted by Crippen LogP contribution is 2.43. The molecule has 0 aliphatic heterocycles. The summed E-state index contributed by atoms with van der Waals surface area (Å²) >= 11 is 0. The minimum atomic E-state index is -5.21. The normalized spacial score (nSPS) is 13.1. The van der Waals surface area contributed by atoms with E-state index in [2.05, 4.69) is 19.9 Å². The first-order chi connectivity index (χ1) is 14.4. The minimum absolute atomic E-state index is 0.0130. The molecule has 2 N–H and O–H groups in total. The number of hydrogen-bond acceptors (Lipinski definition) is 5. The molecule has 0 aliphatic carbocycles. The van der Waals surface area contributed by atoms with Crippen LogP contribution in [0, 0.1) is 0 Å². The van der Waals surface area contributed by atoms with E-state index in [4.69, 9.17) is 5.73 Å². The number of carbonyl (C=O) groups is 1. The number of rotatable bonds is 4. The van der Waals surface area contributed by atoms with Gasteiger partial charge in [-0.15, -0.1) is 0 Å². The molecule has 2 aromatic heterocycles. The van der Waals surface area contributed by atoms with E-state index in [1.165, 1.54) is 37.8 Å². The maximum Gasteiger partial charge on any atom is 0.416 e. The van der Waals surface area contributed by atoms with Gasteiger partial charge in [-0.3, -0.25) is 9.78 Å². The SMILES string of the molecule is CC(c1nccnc1-c1ncccn1)c1c(C(N)=O)cc(C(F)(F)F)cc1C(F)(F)F. The lowest BCUT2D eigenvalue weighted by atomic mass is 9.85. The minimum Gasteiger partial charge on any atom is -0.366 e. The molecule has 12 heteroatoms. The van der Waals surface area contributed by atoms with Crippen molar-refractivity contribution in [2.45, 2.75) is 25.2 Å². The molecule has 0 spiro atoms. The van der Waals surface area contributed by atoms with Crippen LogP contribution in [0.2, 0.25) is 0 Å². The molecular formula is C19H13F6N5O. The lowest BCUT2D eigenvalue weighted by molar-refractivity contribution is -0.143. The molecule has 0 bridgehead atoms. The zero-order chi connectivity index (χ0) is 23.0. The van der Waals surface area contributed by atoms with E-state index in [1.54, 1.807) is 0 Å². The Labute approximate surface area is 171 Å². The summed E-state index contributed by atoms with van der Waals surface area (Å²) in [7, 11) is 0. The lowest BCUT2D eigenvalue weighted by Crippen LogP contribution is -2.23. The van der Waals surface area contributed by atoms with Gasteiger partial charge in [-0.1, -0.05) is 6.92 Å². The van der Waals surface area contributed by atoms with Crippen molar-refractivity contribution in [3.05, 3.63) is 70.9 Å². The molecule has 162 valence electrons. The monoisotopic (exact) mass is 441 g/mol. The topological polar surface area (TPSA) is 94.7 Å². The maximum atomic E-state index is 13.8. The van der Waals surface area contributed by atoms with Gasteiger partial charge in [-0.05, 0) is 23.8 Å². The zero-order valence-corrected chi connectivity index (χ0v) is 15.7. The highest BCUT2D eigenvalue weighted by Gasteiger charge is 2.42. The Morgan fingerprint density at radius 1 is 0.903 bits per heavy atom. The summed E-state index contributed by atoms with van der Waals surface area (Å²) in [5, 5.41) is 0. The van der Waals surface area contributed by atoms with Crippen molar-refractivity contribution in [2.24, 2.45) is 5.73 Å². The van der Waals surface area contributed by atoms with Gasteiger partial charge in [-0.25, -0.2) is 15.0 Å². The molecule has 31 heavy (non-hydrogen) atoms. The molecule has 1 aromatic carbocycles. The first kappa shape index (κ1) is 22.1. The quantitative estimate of drug-likeness (QED) is 0.612. The molecule has 1 amide bonds. The average molecular weight is 441 g/mol. The summed E-state index contributed by atoms with van der Waals surface area (Å²) in [6.45, 7) is 1.25. The van der Waals surface area contributed by atoms with Crippen LogP contribution >= 0.6 is 0 Å². The molecule has 3 aromatic rings. The molecule has 2 heterocycles. The number of nitrogens with zero attached hydrogens (tertiary/aromatic N) is 4. The highest BCUT2D eigenvalue weighted by molar-refractivity contribution is 5.95. The van der Waals surface area contributed by atoms with Crippen LogP contribution < -0.4 is 5.73 Å². The molecule has 3 rings (SSSR count). The highest BCUT2D eigenvalue weighted by atomic mass is 19.4. The first-order valence-corrected chi connectivity index (χ1v) is 8.61. The van der Waals surface area contributed by atoms with E-state index in [9.17, 15) is 31.1 Å². The smallest absolute Gasteiger partial charge is 0.366 e. The van der Waals surface area contributed by atoms with Crippen molar-refractivity contribution in [2.75, 3.05) is 0 Å². The van der Waals surface area contributed by atoms with Crippen molar-refractivity contribution >= 4 is 5.91 Å². The maximum absolute atomic E-state index is 13.8. The van der Waals surface area contributed by atoms with E-state index in [-0.39, 0.29) is 23.3 Å². The van der Waals surface area contributed by atoms with Crippen LogP contribution in [0.5, 0.6) is 0 Å². The number of primary amides is 1. The number of amides is 1.